The van der Waals surface area contributed by atoms with Crippen molar-refractivity contribution in [2.45, 2.75) is 26.1 Å². The molecule has 1 aliphatic rings. The second-order valence-electron chi connectivity index (χ2n) is 10.9. The molecule has 1 aliphatic heterocycles. The number of hydrogen-bond donors (Lipinski definition) is 0. The number of rotatable bonds is 9. The van der Waals surface area contributed by atoms with Crippen LogP contribution >= 0.6 is 11.3 Å². The van der Waals surface area contributed by atoms with Gasteiger partial charge in [0.05, 0.1) is 42.8 Å². The summed E-state index contributed by atoms with van der Waals surface area (Å²) >= 11 is 1.40. The second-order valence-corrected chi connectivity index (χ2v) is 11.8. The lowest BCUT2D eigenvalue weighted by Crippen LogP contribution is -2.44. The zero-order valence-electron chi connectivity index (χ0n) is 25.3. The predicted octanol–water partition coefficient (Wildman–Crippen LogP) is 5.57. The highest BCUT2D eigenvalue weighted by molar-refractivity contribution is 7.18. The molecule has 0 fully saturated rings. The average molecular weight is 632 g/mol. The Morgan fingerprint density at radius 1 is 1.18 bits per heavy atom. The minimum atomic E-state index is -0.797. The van der Waals surface area contributed by atoms with E-state index >= 15 is 4.39 Å². The lowest BCUT2D eigenvalue weighted by molar-refractivity contribution is -0.129. The normalized spacial score (nSPS) is 14.4. The Balaban J connectivity index is 1.63. The third kappa shape index (κ3) is 5.64. The molecule has 1 amide bonds. The first-order chi connectivity index (χ1) is 21.7. The fraction of sp³-hybridized carbons (Fsp3) is 0.281. The Morgan fingerprint density at radius 3 is 2.76 bits per heavy atom. The number of fused-ring (bicyclic) bond motifs is 2. The predicted molar refractivity (Wildman–Crippen MR) is 169 cm³/mol. The molecular formula is C32H31F2N7O3S. The van der Waals surface area contributed by atoms with Gasteiger partial charge in [-0.1, -0.05) is 6.58 Å². The molecule has 0 bridgehead atoms. The van der Waals surface area contributed by atoms with Gasteiger partial charge in [0.2, 0.25) is 5.91 Å². The first-order valence-corrected chi connectivity index (χ1v) is 15.1. The van der Waals surface area contributed by atoms with Crippen molar-refractivity contribution in [1.29, 1.82) is 0 Å². The van der Waals surface area contributed by atoms with Crippen LogP contribution in [-0.2, 0) is 22.6 Å². The quantitative estimate of drug-likeness (QED) is 0.154. The highest BCUT2D eigenvalue weighted by atomic mass is 32.1. The van der Waals surface area contributed by atoms with Gasteiger partial charge in [0.1, 0.15) is 35.4 Å². The molecule has 10 nitrogen and oxygen atoms in total. The number of amides is 1. The highest BCUT2D eigenvalue weighted by Crippen LogP contribution is 2.47. The number of nitrogens with zero attached hydrogens (tertiary/aromatic N) is 7. The molecule has 45 heavy (non-hydrogen) atoms. The molecule has 0 radical (unpaired) electrons. The molecule has 1 aromatic carbocycles. The largest absolute Gasteiger partial charge is 0.490 e. The van der Waals surface area contributed by atoms with Crippen molar-refractivity contribution in [3.63, 3.8) is 0 Å². The number of anilines is 1. The number of halogens is 2. The number of hydrogen-bond acceptors (Lipinski definition) is 9. The van der Waals surface area contributed by atoms with Gasteiger partial charge >= 0.3 is 0 Å². The third-order valence-corrected chi connectivity index (χ3v) is 8.59. The van der Waals surface area contributed by atoms with Crippen LogP contribution in [0.15, 0.2) is 54.6 Å². The number of thiophene rings is 1. The maximum atomic E-state index is 16.0. The lowest BCUT2D eigenvalue weighted by atomic mass is 9.96. The summed E-state index contributed by atoms with van der Waals surface area (Å²) in [6, 6.07) is 7.53. The van der Waals surface area contributed by atoms with Crippen molar-refractivity contribution < 1.29 is 23.0 Å². The van der Waals surface area contributed by atoms with Crippen LogP contribution in [0.1, 0.15) is 12.6 Å². The first kappa shape index (κ1) is 30.3. The molecule has 1 unspecified atom stereocenters. The van der Waals surface area contributed by atoms with E-state index in [4.69, 9.17) is 19.6 Å². The van der Waals surface area contributed by atoms with E-state index in [9.17, 15) is 9.18 Å². The van der Waals surface area contributed by atoms with Crippen LogP contribution in [0.3, 0.4) is 0 Å². The molecule has 13 heteroatoms. The molecule has 5 heterocycles. The van der Waals surface area contributed by atoms with Gasteiger partial charge in [-0.2, -0.15) is 10.2 Å². The van der Waals surface area contributed by atoms with Crippen LogP contribution in [0.5, 0.6) is 5.75 Å². The number of carbonyl (C=O) groups excluding carboxylic acids is 1. The van der Waals surface area contributed by atoms with E-state index in [1.54, 1.807) is 11.1 Å². The standard InChI is InChI=1S/C32H31F2N7O3S/c1-6-27(42)40-17-21-14-24(38-41(21)16-18(40)2)31-29(28-23(34)12-20(33)13-25(28)44-9-8-43-5)32-22(7-10-45-32)30(36-31)19-11-26(39(3)4)37-35-15-19/h6-7,10-15,18H,1,8-9,16-17H2,2-5H3. The second kappa shape index (κ2) is 12.3. The molecule has 0 saturated heterocycles. The first-order valence-electron chi connectivity index (χ1n) is 14.2. The summed E-state index contributed by atoms with van der Waals surface area (Å²) in [5.41, 5.74) is 3.44. The van der Waals surface area contributed by atoms with Gasteiger partial charge in [0, 0.05) is 60.6 Å². The van der Waals surface area contributed by atoms with Crippen molar-refractivity contribution in [2.75, 3.05) is 39.3 Å². The van der Waals surface area contributed by atoms with Crippen LogP contribution in [0.2, 0.25) is 0 Å². The number of aromatic nitrogens is 5. The van der Waals surface area contributed by atoms with E-state index in [0.29, 0.717) is 51.8 Å². The van der Waals surface area contributed by atoms with E-state index in [1.165, 1.54) is 30.6 Å². The monoisotopic (exact) mass is 631 g/mol. The summed E-state index contributed by atoms with van der Waals surface area (Å²) < 4.78 is 44.1. The summed E-state index contributed by atoms with van der Waals surface area (Å²) in [6.07, 6.45) is 2.93. The Kier molecular flexibility index (Phi) is 8.30. The Hall–Kier alpha value is -4.75. The number of pyridine rings is 1. The Bertz CT molecular complexity index is 1920. The topological polar surface area (TPSA) is 98.5 Å². The molecule has 6 rings (SSSR count). The SMILES string of the molecule is C=CC(=O)N1Cc2cc(-c3nc(-c4cnnc(N(C)C)c4)c4ccsc4c3-c3c(F)cc(F)cc3OCCOC)nn2CC1C. The van der Waals surface area contributed by atoms with Gasteiger partial charge in [-0.15, -0.1) is 16.4 Å². The maximum absolute atomic E-state index is 16.0. The van der Waals surface area contributed by atoms with Crippen molar-refractivity contribution >= 4 is 33.1 Å². The lowest BCUT2D eigenvalue weighted by Gasteiger charge is -2.33. The molecule has 5 aromatic rings. The molecular weight excluding hydrogens is 600 g/mol. The van der Waals surface area contributed by atoms with E-state index in [1.807, 2.05) is 54.2 Å². The van der Waals surface area contributed by atoms with Crippen LogP contribution in [0.25, 0.3) is 43.9 Å². The van der Waals surface area contributed by atoms with Gasteiger partial charge in [-0.3, -0.25) is 9.48 Å². The minimum Gasteiger partial charge on any atom is -0.490 e. The summed E-state index contributed by atoms with van der Waals surface area (Å²) in [4.78, 5) is 21.3. The number of carbonyl (C=O) groups is 1. The molecule has 0 saturated carbocycles. The number of methoxy groups -OCH3 is 1. The summed E-state index contributed by atoms with van der Waals surface area (Å²) in [5.74, 6) is -1.08. The van der Waals surface area contributed by atoms with Gasteiger partial charge in [0.25, 0.3) is 0 Å². The zero-order chi connectivity index (χ0) is 31.8. The van der Waals surface area contributed by atoms with Gasteiger partial charge < -0.3 is 19.3 Å². The zero-order valence-corrected chi connectivity index (χ0v) is 26.1. The molecule has 0 aliphatic carbocycles. The van der Waals surface area contributed by atoms with Crippen molar-refractivity contribution in [2.24, 2.45) is 0 Å². The fourth-order valence-electron chi connectivity index (χ4n) is 5.46. The summed E-state index contributed by atoms with van der Waals surface area (Å²) in [7, 11) is 5.26. The van der Waals surface area contributed by atoms with Gasteiger partial charge in [-0.25, -0.2) is 13.8 Å². The van der Waals surface area contributed by atoms with Crippen LogP contribution in [-0.4, -0.2) is 76.2 Å². The van der Waals surface area contributed by atoms with Crippen molar-refractivity contribution in [1.82, 2.24) is 29.9 Å². The summed E-state index contributed by atoms with van der Waals surface area (Å²) in [5, 5.41) is 16.0. The Labute approximate surface area is 262 Å². The van der Waals surface area contributed by atoms with E-state index in [0.717, 1.165) is 17.1 Å². The molecule has 0 N–H and O–H groups in total. The molecule has 1 atom stereocenters. The summed E-state index contributed by atoms with van der Waals surface area (Å²) in [6.45, 7) is 6.67. The van der Waals surface area contributed by atoms with E-state index in [-0.39, 0.29) is 36.5 Å². The minimum absolute atomic E-state index is 0.0240. The molecule has 232 valence electrons. The fourth-order valence-corrected chi connectivity index (χ4v) is 6.40. The van der Waals surface area contributed by atoms with E-state index in [2.05, 4.69) is 16.8 Å². The maximum Gasteiger partial charge on any atom is 0.246 e. The molecule has 0 spiro atoms. The van der Waals surface area contributed by atoms with Crippen LogP contribution in [0, 0.1) is 11.6 Å². The number of ether oxygens (including phenoxy) is 2. The van der Waals surface area contributed by atoms with Crippen LogP contribution in [0.4, 0.5) is 14.6 Å². The van der Waals surface area contributed by atoms with Crippen LogP contribution < -0.4 is 9.64 Å². The molecule has 4 aromatic heterocycles. The number of benzene rings is 1. The Morgan fingerprint density at radius 2 is 2.00 bits per heavy atom. The highest BCUT2D eigenvalue weighted by Gasteiger charge is 2.30. The van der Waals surface area contributed by atoms with Gasteiger partial charge in [0.15, 0.2) is 5.82 Å². The smallest absolute Gasteiger partial charge is 0.246 e. The third-order valence-electron chi connectivity index (χ3n) is 7.66. The van der Waals surface area contributed by atoms with Gasteiger partial charge in [-0.05, 0) is 36.6 Å². The van der Waals surface area contributed by atoms with Crippen molar-refractivity contribution in [3.05, 3.63) is 71.9 Å². The van der Waals surface area contributed by atoms with Crippen molar-refractivity contribution in [3.8, 4) is 39.5 Å². The average Bonchev–Trinajstić information content (AvgIpc) is 3.67. The van der Waals surface area contributed by atoms with E-state index < -0.39 is 11.6 Å².